The lowest BCUT2D eigenvalue weighted by Gasteiger charge is -2.19. The predicted octanol–water partition coefficient (Wildman–Crippen LogP) is 3.78. The maximum Gasteiger partial charge on any atom is 0.0935 e. The standard InChI is InChI=1S/C14H16INO/c1-2-16-14(9-11-7-8-17-10-11)12-5-3-4-6-13(12)15/h3-8,10,14,16H,2,9H2,1H3. The van der Waals surface area contributed by atoms with E-state index in [1.54, 1.807) is 6.26 Å². The third-order valence-corrected chi connectivity index (χ3v) is 3.73. The van der Waals surface area contributed by atoms with Crippen LogP contribution < -0.4 is 5.32 Å². The molecule has 0 radical (unpaired) electrons. The van der Waals surface area contributed by atoms with E-state index in [0.717, 1.165) is 13.0 Å². The molecule has 0 amide bonds. The zero-order valence-electron chi connectivity index (χ0n) is 9.82. The van der Waals surface area contributed by atoms with Gasteiger partial charge in [-0.25, -0.2) is 0 Å². The SMILES string of the molecule is CCNC(Cc1ccoc1)c1ccccc1I. The van der Waals surface area contributed by atoms with Gasteiger partial charge >= 0.3 is 0 Å². The van der Waals surface area contributed by atoms with E-state index >= 15 is 0 Å². The largest absolute Gasteiger partial charge is 0.472 e. The second-order valence-corrected chi connectivity index (χ2v) is 5.13. The summed E-state index contributed by atoms with van der Waals surface area (Å²) in [5, 5.41) is 3.53. The molecule has 0 fully saturated rings. The summed E-state index contributed by atoms with van der Waals surface area (Å²) < 4.78 is 6.44. The van der Waals surface area contributed by atoms with E-state index in [-0.39, 0.29) is 0 Å². The minimum atomic E-state index is 0.352. The van der Waals surface area contributed by atoms with Crippen molar-refractivity contribution < 1.29 is 4.42 Å². The van der Waals surface area contributed by atoms with Gasteiger partial charge in [0.05, 0.1) is 12.5 Å². The summed E-state index contributed by atoms with van der Waals surface area (Å²) in [6.45, 7) is 3.10. The van der Waals surface area contributed by atoms with Gasteiger partial charge in [-0.2, -0.15) is 0 Å². The molecule has 17 heavy (non-hydrogen) atoms. The Balaban J connectivity index is 2.20. The molecule has 1 aromatic heterocycles. The Bertz CT molecular complexity index is 453. The van der Waals surface area contributed by atoms with Gasteiger partial charge in [0.15, 0.2) is 0 Å². The van der Waals surface area contributed by atoms with Gasteiger partial charge in [0.2, 0.25) is 0 Å². The molecule has 0 bridgehead atoms. The van der Waals surface area contributed by atoms with E-state index in [2.05, 4.69) is 59.1 Å². The summed E-state index contributed by atoms with van der Waals surface area (Å²) in [5.41, 5.74) is 2.59. The zero-order valence-corrected chi connectivity index (χ0v) is 12.0. The number of benzene rings is 1. The Morgan fingerprint density at radius 3 is 2.76 bits per heavy atom. The fraction of sp³-hybridized carbons (Fsp3) is 0.286. The van der Waals surface area contributed by atoms with Crippen molar-refractivity contribution >= 4 is 22.6 Å². The fourth-order valence-electron chi connectivity index (χ4n) is 1.94. The highest BCUT2D eigenvalue weighted by Gasteiger charge is 2.14. The highest BCUT2D eigenvalue weighted by molar-refractivity contribution is 14.1. The van der Waals surface area contributed by atoms with Gasteiger partial charge in [0.25, 0.3) is 0 Å². The molecule has 0 spiro atoms. The van der Waals surface area contributed by atoms with Crippen LogP contribution in [0.15, 0.2) is 47.3 Å². The van der Waals surface area contributed by atoms with Gasteiger partial charge in [-0.3, -0.25) is 0 Å². The monoisotopic (exact) mass is 341 g/mol. The van der Waals surface area contributed by atoms with Crippen LogP contribution in [0, 0.1) is 3.57 Å². The van der Waals surface area contributed by atoms with Crippen molar-refractivity contribution in [2.24, 2.45) is 0 Å². The summed E-state index contributed by atoms with van der Waals surface area (Å²) >= 11 is 2.39. The predicted molar refractivity (Wildman–Crippen MR) is 78.0 cm³/mol. The molecule has 0 aliphatic heterocycles. The first-order valence-electron chi connectivity index (χ1n) is 5.80. The fourth-order valence-corrected chi connectivity index (χ4v) is 2.70. The molecule has 1 N–H and O–H groups in total. The van der Waals surface area contributed by atoms with E-state index in [1.165, 1.54) is 14.7 Å². The summed E-state index contributed by atoms with van der Waals surface area (Å²) in [7, 11) is 0. The van der Waals surface area contributed by atoms with Crippen LogP contribution in [0.2, 0.25) is 0 Å². The number of rotatable bonds is 5. The summed E-state index contributed by atoms with van der Waals surface area (Å²) in [5.74, 6) is 0. The molecule has 90 valence electrons. The van der Waals surface area contributed by atoms with Crippen LogP contribution in [0.4, 0.5) is 0 Å². The van der Waals surface area contributed by atoms with Gasteiger partial charge in [-0.1, -0.05) is 25.1 Å². The lowest BCUT2D eigenvalue weighted by molar-refractivity contribution is 0.533. The average Bonchev–Trinajstić information content (AvgIpc) is 2.82. The Labute approximate surface area is 116 Å². The molecule has 1 unspecified atom stereocenters. The first-order valence-corrected chi connectivity index (χ1v) is 6.88. The van der Waals surface area contributed by atoms with E-state index in [1.807, 2.05) is 12.3 Å². The first kappa shape index (κ1) is 12.6. The molecular formula is C14H16INO. The van der Waals surface area contributed by atoms with E-state index in [9.17, 15) is 0 Å². The van der Waals surface area contributed by atoms with Crippen LogP contribution in [0.3, 0.4) is 0 Å². The van der Waals surface area contributed by atoms with Gasteiger partial charge in [0.1, 0.15) is 0 Å². The molecule has 0 saturated carbocycles. The second kappa shape index (κ2) is 6.21. The van der Waals surface area contributed by atoms with Gasteiger partial charge < -0.3 is 9.73 Å². The number of halogens is 1. The van der Waals surface area contributed by atoms with Crippen molar-refractivity contribution in [3.05, 3.63) is 57.6 Å². The number of likely N-dealkylation sites (N-methyl/N-ethyl adjacent to an activating group) is 1. The lowest BCUT2D eigenvalue weighted by atomic mass is 10.0. The first-order chi connectivity index (χ1) is 8.31. The maximum absolute atomic E-state index is 5.13. The van der Waals surface area contributed by atoms with Crippen molar-refractivity contribution in [3.8, 4) is 0 Å². The third-order valence-electron chi connectivity index (χ3n) is 2.75. The summed E-state index contributed by atoms with van der Waals surface area (Å²) in [4.78, 5) is 0. The minimum Gasteiger partial charge on any atom is -0.472 e. The van der Waals surface area contributed by atoms with Crippen molar-refractivity contribution in [2.75, 3.05) is 6.54 Å². The molecule has 2 nitrogen and oxygen atoms in total. The van der Waals surface area contributed by atoms with Crippen LogP contribution in [-0.4, -0.2) is 6.54 Å². The molecular weight excluding hydrogens is 325 g/mol. The Morgan fingerprint density at radius 1 is 1.29 bits per heavy atom. The summed E-state index contributed by atoms with van der Waals surface area (Å²) in [6.07, 6.45) is 4.51. The molecule has 0 saturated heterocycles. The Kier molecular flexibility index (Phi) is 4.62. The van der Waals surface area contributed by atoms with Crippen LogP contribution >= 0.6 is 22.6 Å². The molecule has 0 aliphatic rings. The van der Waals surface area contributed by atoms with Gasteiger partial charge in [0, 0.05) is 9.61 Å². The van der Waals surface area contributed by atoms with Crippen LogP contribution in [0.25, 0.3) is 0 Å². The van der Waals surface area contributed by atoms with Crippen LogP contribution in [-0.2, 0) is 6.42 Å². The second-order valence-electron chi connectivity index (χ2n) is 3.97. The molecule has 1 atom stereocenters. The van der Waals surface area contributed by atoms with Gasteiger partial charge in [-0.15, -0.1) is 0 Å². The highest BCUT2D eigenvalue weighted by atomic mass is 127. The molecule has 3 heteroatoms. The van der Waals surface area contributed by atoms with Crippen LogP contribution in [0.1, 0.15) is 24.1 Å². The van der Waals surface area contributed by atoms with Crippen molar-refractivity contribution in [1.82, 2.24) is 5.32 Å². The van der Waals surface area contributed by atoms with E-state index < -0.39 is 0 Å². The quantitative estimate of drug-likeness (QED) is 0.838. The highest BCUT2D eigenvalue weighted by Crippen LogP contribution is 2.23. The molecule has 0 aliphatic carbocycles. The van der Waals surface area contributed by atoms with Crippen molar-refractivity contribution in [2.45, 2.75) is 19.4 Å². The van der Waals surface area contributed by atoms with Crippen LogP contribution in [0.5, 0.6) is 0 Å². The lowest BCUT2D eigenvalue weighted by Crippen LogP contribution is -2.23. The molecule has 1 aromatic carbocycles. The minimum absolute atomic E-state index is 0.352. The third kappa shape index (κ3) is 3.33. The normalized spacial score (nSPS) is 12.6. The molecule has 1 heterocycles. The molecule has 2 aromatic rings. The maximum atomic E-state index is 5.13. The zero-order chi connectivity index (χ0) is 12.1. The van der Waals surface area contributed by atoms with E-state index in [4.69, 9.17) is 4.42 Å². The van der Waals surface area contributed by atoms with Crippen molar-refractivity contribution in [3.63, 3.8) is 0 Å². The number of nitrogens with one attached hydrogen (secondary N) is 1. The Morgan fingerprint density at radius 2 is 2.12 bits per heavy atom. The van der Waals surface area contributed by atoms with Gasteiger partial charge in [-0.05, 0) is 58.8 Å². The summed E-state index contributed by atoms with van der Waals surface area (Å²) in [6, 6.07) is 10.9. The van der Waals surface area contributed by atoms with E-state index in [0.29, 0.717) is 6.04 Å². The Hall–Kier alpha value is -0.810. The smallest absolute Gasteiger partial charge is 0.0935 e. The van der Waals surface area contributed by atoms with Crippen molar-refractivity contribution in [1.29, 1.82) is 0 Å². The number of hydrogen-bond donors (Lipinski definition) is 1. The topological polar surface area (TPSA) is 25.2 Å². The number of furan rings is 1. The average molecular weight is 341 g/mol. The number of hydrogen-bond acceptors (Lipinski definition) is 2. The molecule has 2 rings (SSSR count).